The fraction of sp³-hybridized carbons (Fsp3) is 0.364. The number of hydrogen-bond donors (Lipinski definition) is 2. The molecule has 0 saturated carbocycles. The molecule has 0 heterocycles. The van der Waals surface area contributed by atoms with Crippen LogP contribution in [0.5, 0.6) is 0 Å². The minimum Gasteiger partial charge on any atom is -0.395 e. The van der Waals surface area contributed by atoms with Crippen LogP contribution in [-0.2, 0) is 14.4 Å². The molecule has 6 heteroatoms. The van der Waals surface area contributed by atoms with E-state index in [1.807, 2.05) is 0 Å². The maximum atomic E-state index is 11.5. The molecule has 1 aliphatic rings. The van der Waals surface area contributed by atoms with Crippen molar-refractivity contribution >= 4 is 17.5 Å². The predicted octanol–water partition coefficient (Wildman–Crippen LogP) is -0.447. The number of aliphatic hydroxyl groups excluding tert-OH is 1. The number of oxime groups is 1. The van der Waals surface area contributed by atoms with Gasteiger partial charge in [-0.1, -0.05) is 5.16 Å². The van der Waals surface area contributed by atoms with Crippen LogP contribution >= 0.6 is 0 Å². The summed E-state index contributed by atoms with van der Waals surface area (Å²) in [4.78, 5) is 26.5. The molecule has 0 aromatic rings. The quantitative estimate of drug-likeness (QED) is 0.293. The van der Waals surface area contributed by atoms with Gasteiger partial charge in [0, 0.05) is 25.6 Å². The first-order chi connectivity index (χ1) is 8.13. The van der Waals surface area contributed by atoms with Crippen LogP contribution < -0.4 is 5.32 Å². The molecule has 0 saturated heterocycles. The molecule has 0 fully saturated rings. The van der Waals surface area contributed by atoms with Gasteiger partial charge in [-0.05, 0) is 18.2 Å². The highest BCUT2D eigenvalue weighted by Gasteiger charge is 2.12. The summed E-state index contributed by atoms with van der Waals surface area (Å²) in [5, 5.41) is 15.1. The highest BCUT2D eigenvalue weighted by atomic mass is 16.7. The zero-order chi connectivity index (χ0) is 12.7. The second kappa shape index (κ2) is 6.72. The number of rotatable bonds is 5. The molecule has 0 spiro atoms. The maximum absolute atomic E-state index is 11.5. The number of carbonyl (C=O) groups excluding carboxylic acids is 2. The van der Waals surface area contributed by atoms with Crippen molar-refractivity contribution in [2.75, 3.05) is 19.7 Å². The first-order valence-electron chi connectivity index (χ1n) is 5.13. The number of allylic oxidation sites excluding steroid dienone is 3. The summed E-state index contributed by atoms with van der Waals surface area (Å²) in [5.41, 5.74) is 0.910. The Morgan fingerprint density at radius 2 is 2.29 bits per heavy atom. The van der Waals surface area contributed by atoms with Crippen molar-refractivity contribution in [2.24, 2.45) is 5.16 Å². The van der Waals surface area contributed by atoms with E-state index in [2.05, 4.69) is 15.3 Å². The van der Waals surface area contributed by atoms with Crippen LogP contribution in [0.3, 0.4) is 0 Å². The molecule has 0 aliphatic heterocycles. The molecule has 0 aromatic heterocycles. The van der Waals surface area contributed by atoms with Crippen molar-refractivity contribution in [1.29, 1.82) is 0 Å². The largest absolute Gasteiger partial charge is 0.395 e. The van der Waals surface area contributed by atoms with Crippen molar-refractivity contribution in [1.82, 2.24) is 5.32 Å². The van der Waals surface area contributed by atoms with Gasteiger partial charge in [-0.15, -0.1) is 0 Å². The number of nitrogens with one attached hydrogen (secondary N) is 1. The van der Waals surface area contributed by atoms with Crippen LogP contribution in [0.1, 0.15) is 6.92 Å². The van der Waals surface area contributed by atoms with Crippen molar-refractivity contribution in [2.45, 2.75) is 6.92 Å². The smallest absolute Gasteiger partial charge is 0.331 e. The lowest BCUT2D eigenvalue weighted by atomic mass is 10.0. The monoisotopic (exact) mass is 238 g/mol. The van der Waals surface area contributed by atoms with E-state index in [0.29, 0.717) is 24.4 Å². The van der Waals surface area contributed by atoms with Crippen molar-refractivity contribution in [3.05, 3.63) is 23.8 Å². The van der Waals surface area contributed by atoms with E-state index in [0.717, 1.165) is 0 Å². The zero-order valence-corrected chi connectivity index (χ0v) is 9.47. The highest BCUT2D eigenvalue weighted by molar-refractivity contribution is 6.19. The van der Waals surface area contributed by atoms with Crippen LogP contribution in [0.15, 0.2) is 29.0 Å². The summed E-state index contributed by atoms with van der Waals surface area (Å²) >= 11 is 0. The summed E-state index contributed by atoms with van der Waals surface area (Å²) in [7, 11) is 0. The summed E-state index contributed by atoms with van der Waals surface area (Å²) < 4.78 is 0. The molecule has 1 aliphatic carbocycles. The van der Waals surface area contributed by atoms with Crippen molar-refractivity contribution in [3.63, 3.8) is 0 Å². The lowest BCUT2D eigenvalue weighted by Gasteiger charge is -2.08. The molecule has 0 radical (unpaired) electrons. The molecule has 1 rings (SSSR count). The average Bonchev–Trinajstić information content (AvgIpc) is 2.30. The van der Waals surface area contributed by atoms with E-state index in [9.17, 15) is 9.59 Å². The van der Waals surface area contributed by atoms with E-state index in [1.165, 1.54) is 25.2 Å². The van der Waals surface area contributed by atoms with Gasteiger partial charge in [0.15, 0.2) is 5.78 Å². The van der Waals surface area contributed by atoms with Crippen LogP contribution in [0.2, 0.25) is 0 Å². The van der Waals surface area contributed by atoms with E-state index < -0.39 is 5.97 Å². The van der Waals surface area contributed by atoms with Crippen LogP contribution in [-0.4, -0.2) is 42.3 Å². The number of aliphatic hydroxyl groups is 1. The summed E-state index contributed by atoms with van der Waals surface area (Å²) in [6, 6.07) is 0. The fourth-order valence-electron chi connectivity index (χ4n) is 1.18. The summed E-state index contributed by atoms with van der Waals surface area (Å²) in [5.74, 6) is -0.645. The molecule has 17 heavy (non-hydrogen) atoms. The first kappa shape index (κ1) is 13.3. The van der Waals surface area contributed by atoms with Crippen LogP contribution in [0.4, 0.5) is 0 Å². The first-order valence-corrected chi connectivity index (χ1v) is 5.13. The highest BCUT2D eigenvalue weighted by Crippen LogP contribution is 2.05. The van der Waals surface area contributed by atoms with Gasteiger partial charge < -0.3 is 15.3 Å². The number of carbonyl (C=O) groups is 2. The molecule has 0 unspecified atom stereocenters. The Labute approximate surface area is 98.6 Å². The third-order valence-corrected chi connectivity index (χ3v) is 1.93. The van der Waals surface area contributed by atoms with Gasteiger partial charge in [-0.2, -0.15) is 0 Å². The molecule has 0 aromatic carbocycles. The predicted molar refractivity (Wildman–Crippen MR) is 61.4 cm³/mol. The molecular weight excluding hydrogens is 224 g/mol. The lowest BCUT2D eigenvalue weighted by Crippen LogP contribution is -2.25. The van der Waals surface area contributed by atoms with E-state index >= 15 is 0 Å². The van der Waals surface area contributed by atoms with E-state index in [1.54, 1.807) is 0 Å². The van der Waals surface area contributed by atoms with Crippen molar-refractivity contribution in [3.8, 4) is 0 Å². The zero-order valence-electron chi connectivity index (χ0n) is 9.47. The average molecular weight is 238 g/mol. The Hall–Kier alpha value is -1.79. The molecule has 0 atom stereocenters. The van der Waals surface area contributed by atoms with Crippen LogP contribution in [0, 0.1) is 0 Å². The van der Waals surface area contributed by atoms with Gasteiger partial charge >= 0.3 is 5.97 Å². The number of nitrogens with zero attached hydrogens (tertiary/aromatic N) is 1. The molecule has 2 N–H and O–H groups in total. The Morgan fingerprint density at radius 3 is 2.94 bits per heavy atom. The lowest BCUT2D eigenvalue weighted by molar-refractivity contribution is -0.140. The molecular formula is C11H14N2O4. The third kappa shape index (κ3) is 4.71. The Balaban J connectivity index is 2.64. The SMILES string of the molecule is CC(=O)ON=C1C=CC(=O)C(CNCCO)=C1. The van der Waals surface area contributed by atoms with Gasteiger partial charge in [0.25, 0.3) is 0 Å². The Morgan fingerprint density at radius 1 is 1.53 bits per heavy atom. The van der Waals surface area contributed by atoms with Gasteiger partial charge in [-0.3, -0.25) is 4.79 Å². The minimum absolute atomic E-state index is 0.00566. The Kier molecular flexibility index (Phi) is 5.25. The van der Waals surface area contributed by atoms with Gasteiger partial charge in [-0.25, -0.2) is 4.79 Å². The molecule has 0 amide bonds. The summed E-state index contributed by atoms with van der Waals surface area (Å²) in [6.45, 7) is 1.99. The van der Waals surface area contributed by atoms with Crippen LogP contribution in [0.25, 0.3) is 0 Å². The second-order valence-corrected chi connectivity index (χ2v) is 3.37. The van der Waals surface area contributed by atoms with Gasteiger partial charge in [0.05, 0.1) is 6.61 Å². The topological polar surface area (TPSA) is 88.0 Å². The van der Waals surface area contributed by atoms with Gasteiger partial charge in [0.1, 0.15) is 5.71 Å². The van der Waals surface area contributed by atoms with Gasteiger partial charge in [0.2, 0.25) is 0 Å². The number of hydrogen-bond acceptors (Lipinski definition) is 6. The minimum atomic E-state index is -0.517. The number of ketones is 1. The molecule has 6 nitrogen and oxygen atoms in total. The Bertz CT molecular complexity index is 396. The van der Waals surface area contributed by atoms with E-state index in [4.69, 9.17) is 5.11 Å². The second-order valence-electron chi connectivity index (χ2n) is 3.37. The molecule has 92 valence electrons. The van der Waals surface area contributed by atoms with E-state index in [-0.39, 0.29) is 12.4 Å². The normalized spacial score (nSPS) is 17.2. The molecule has 0 bridgehead atoms. The fourth-order valence-corrected chi connectivity index (χ4v) is 1.18. The third-order valence-electron chi connectivity index (χ3n) is 1.93. The summed E-state index contributed by atoms with van der Waals surface area (Å²) in [6.07, 6.45) is 4.37. The maximum Gasteiger partial charge on any atom is 0.331 e. The standard InChI is InChI=1S/C11H14N2O4/c1-8(15)17-13-10-2-3-11(16)9(6-10)7-12-4-5-14/h2-3,6,12,14H,4-5,7H2,1H3. The van der Waals surface area contributed by atoms with Crippen molar-refractivity contribution < 1.29 is 19.5 Å².